The summed E-state index contributed by atoms with van der Waals surface area (Å²) in [5.41, 5.74) is 7.16. The van der Waals surface area contributed by atoms with Gasteiger partial charge in [-0.3, -0.25) is 44.0 Å². The van der Waals surface area contributed by atoms with Gasteiger partial charge in [0.1, 0.15) is 29.5 Å². The van der Waals surface area contributed by atoms with Crippen LogP contribution < -0.4 is 35.8 Å². The Morgan fingerprint density at radius 2 is 1.62 bits per heavy atom. The van der Waals surface area contributed by atoms with Gasteiger partial charge in [0.05, 0.1) is 52.8 Å². The van der Waals surface area contributed by atoms with Gasteiger partial charge in [-0.25, -0.2) is 4.98 Å². The maximum Gasteiger partial charge on any atom is 0.262 e. The molecule has 21 heteroatoms. The zero-order chi connectivity index (χ0) is 51.5. The van der Waals surface area contributed by atoms with Gasteiger partial charge in [-0.2, -0.15) is 10.1 Å². The lowest BCUT2D eigenvalue weighted by atomic mass is 9.72. The minimum Gasteiger partial charge on any atom is -0.494 e. The molecule has 0 bridgehead atoms. The molecule has 19 nitrogen and oxygen atoms in total. The normalized spacial score (nSPS) is 19.6. The summed E-state index contributed by atoms with van der Waals surface area (Å²) in [6.45, 7) is 10.1. The van der Waals surface area contributed by atoms with Crippen molar-refractivity contribution in [3.8, 4) is 16.9 Å². The number of amides is 4. The number of ether oxygens (including phenoxy) is 1. The van der Waals surface area contributed by atoms with Crippen molar-refractivity contribution in [3.05, 3.63) is 89.6 Å². The van der Waals surface area contributed by atoms with Crippen LogP contribution in [0, 0.1) is 11.3 Å². The Kier molecular flexibility index (Phi) is 13.1. The number of likely N-dealkylation sites (tertiary alicyclic amines) is 1. The van der Waals surface area contributed by atoms with Crippen LogP contribution in [0.5, 0.6) is 5.75 Å². The van der Waals surface area contributed by atoms with Gasteiger partial charge in [-0.15, -0.1) is 0 Å². The number of aromatic nitrogens is 6. The Bertz CT molecular complexity index is 3270. The SMILES string of the molecule is COc1cc(N2CCC(CN3CCC4(CCCN(c5ccc6c(c5)C(=O)N(C5CCC(=O)NC5=O)C6=O)C4)CC3)CC2)c(-c2cnn(C)c2)cc1Nc1ncc(Cl)c(Nc2ccc3nccnc3c2P(C)(C)=O)n1. The lowest BCUT2D eigenvalue weighted by molar-refractivity contribution is -0.136. The van der Waals surface area contributed by atoms with Crippen molar-refractivity contribution in [3.63, 3.8) is 0 Å². The van der Waals surface area contributed by atoms with Crippen LogP contribution in [0.25, 0.3) is 22.2 Å². The van der Waals surface area contributed by atoms with E-state index in [0.29, 0.717) is 56.3 Å². The summed E-state index contributed by atoms with van der Waals surface area (Å²) in [5.74, 6) is -0.163. The zero-order valence-electron chi connectivity index (χ0n) is 41.9. The van der Waals surface area contributed by atoms with Crippen molar-refractivity contribution in [2.45, 2.75) is 57.4 Å². The van der Waals surface area contributed by atoms with Gasteiger partial charge in [0, 0.05) is 93.4 Å². The van der Waals surface area contributed by atoms with Crippen LogP contribution >= 0.6 is 18.7 Å². The Balaban J connectivity index is 0.737. The Morgan fingerprint density at radius 3 is 2.36 bits per heavy atom. The molecule has 8 heterocycles. The summed E-state index contributed by atoms with van der Waals surface area (Å²) in [7, 11) is 0.719. The molecule has 0 saturated carbocycles. The van der Waals surface area contributed by atoms with E-state index in [4.69, 9.17) is 21.3 Å². The van der Waals surface area contributed by atoms with E-state index >= 15 is 0 Å². The van der Waals surface area contributed by atoms with Crippen LogP contribution in [0.3, 0.4) is 0 Å². The third-order valence-corrected chi connectivity index (χ3v) is 17.4. The molecule has 6 aromatic rings. The van der Waals surface area contributed by atoms with Crippen LogP contribution in [0.4, 0.5) is 34.5 Å². The molecular weight excluding hydrogens is 981 g/mol. The number of halogens is 1. The Hall–Kier alpha value is -6.95. The number of hydrogen-bond acceptors (Lipinski definition) is 16. The summed E-state index contributed by atoms with van der Waals surface area (Å²) in [6.07, 6.45) is 15.3. The molecule has 1 atom stereocenters. The lowest BCUT2D eigenvalue weighted by Gasteiger charge is -2.49. The highest BCUT2D eigenvalue weighted by molar-refractivity contribution is 7.71. The molecule has 74 heavy (non-hydrogen) atoms. The van der Waals surface area contributed by atoms with E-state index in [1.165, 1.54) is 6.20 Å². The maximum absolute atomic E-state index is 13.6. The van der Waals surface area contributed by atoms with Crippen molar-refractivity contribution < 1.29 is 28.5 Å². The van der Waals surface area contributed by atoms with Crippen molar-refractivity contribution in [1.82, 2.24) is 44.8 Å². The minimum absolute atomic E-state index is 0.0887. The van der Waals surface area contributed by atoms with E-state index in [1.54, 1.807) is 43.6 Å². The van der Waals surface area contributed by atoms with Crippen molar-refractivity contribution in [2.24, 2.45) is 18.4 Å². The van der Waals surface area contributed by atoms with E-state index in [0.717, 1.165) is 112 Å². The molecule has 0 radical (unpaired) electrons. The largest absolute Gasteiger partial charge is 0.494 e. The Labute approximate surface area is 433 Å². The molecule has 0 aliphatic carbocycles. The fraction of sp³-hybridized carbons (Fsp3) is 0.415. The van der Waals surface area contributed by atoms with Gasteiger partial charge >= 0.3 is 0 Å². The number of imide groups is 2. The molecule has 4 amide bonds. The number of nitrogens with one attached hydrogen (secondary N) is 3. The predicted molar refractivity (Wildman–Crippen MR) is 285 cm³/mol. The summed E-state index contributed by atoms with van der Waals surface area (Å²) < 4.78 is 21.5. The molecule has 5 aliphatic rings. The molecule has 3 aromatic carbocycles. The number of rotatable bonds is 12. The highest BCUT2D eigenvalue weighted by Crippen LogP contribution is 2.45. The number of hydrogen-bond donors (Lipinski definition) is 3. The molecule has 5 aliphatic heterocycles. The number of benzene rings is 3. The van der Waals surface area contributed by atoms with Gasteiger partial charge in [0.25, 0.3) is 11.8 Å². The van der Waals surface area contributed by atoms with Gasteiger partial charge in [-0.05, 0) is 119 Å². The van der Waals surface area contributed by atoms with Gasteiger partial charge in [0.15, 0.2) is 5.82 Å². The van der Waals surface area contributed by atoms with Gasteiger partial charge in [0.2, 0.25) is 17.8 Å². The highest BCUT2D eigenvalue weighted by Gasteiger charge is 2.46. The monoisotopic (exact) mass is 1040 g/mol. The van der Waals surface area contributed by atoms with Gasteiger partial charge in [-0.1, -0.05) is 11.6 Å². The first-order valence-corrected chi connectivity index (χ1v) is 28.3. The van der Waals surface area contributed by atoms with E-state index in [-0.39, 0.29) is 29.2 Å². The molecular formula is C53H59ClN13O6P. The lowest BCUT2D eigenvalue weighted by Crippen LogP contribution is -2.54. The number of nitrogens with zero attached hydrogens (tertiary/aromatic N) is 10. The van der Waals surface area contributed by atoms with E-state index < -0.39 is 36.8 Å². The fourth-order valence-corrected chi connectivity index (χ4v) is 13.3. The smallest absolute Gasteiger partial charge is 0.262 e. The number of aryl methyl sites for hydroxylation is 1. The molecule has 3 aromatic heterocycles. The second kappa shape index (κ2) is 19.7. The van der Waals surface area contributed by atoms with Crippen LogP contribution in [-0.2, 0) is 21.2 Å². The fourth-order valence-electron chi connectivity index (χ4n) is 11.7. The van der Waals surface area contributed by atoms with Crippen molar-refractivity contribution in [1.29, 1.82) is 0 Å². The quantitative estimate of drug-likeness (QED) is 0.0816. The second-order valence-electron chi connectivity index (χ2n) is 20.8. The molecule has 11 rings (SSSR count). The summed E-state index contributed by atoms with van der Waals surface area (Å²) in [5, 5.41) is 14.3. The first-order valence-electron chi connectivity index (χ1n) is 25.3. The highest BCUT2D eigenvalue weighted by atomic mass is 35.5. The van der Waals surface area contributed by atoms with Crippen LogP contribution in [0.15, 0.2) is 73.4 Å². The second-order valence-corrected chi connectivity index (χ2v) is 24.3. The summed E-state index contributed by atoms with van der Waals surface area (Å²) in [6, 6.07) is 12.3. The van der Waals surface area contributed by atoms with Gasteiger partial charge < -0.3 is 34.6 Å². The maximum atomic E-state index is 13.6. The minimum atomic E-state index is -2.84. The molecule has 4 saturated heterocycles. The average molecular weight is 1040 g/mol. The molecule has 1 unspecified atom stereocenters. The van der Waals surface area contributed by atoms with Crippen molar-refractivity contribution in [2.75, 3.05) is 86.7 Å². The summed E-state index contributed by atoms with van der Waals surface area (Å²) >= 11 is 6.69. The Morgan fingerprint density at radius 1 is 0.838 bits per heavy atom. The third-order valence-electron chi connectivity index (χ3n) is 15.6. The molecule has 4 fully saturated rings. The number of anilines is 6. The number of fused-ring (bicyclic) bond motifs is 2. The van der Waals surface area contributed by atoms with E-state index in [1.807, 2.05) is 43.7 Å². The van der Waals surface area contributed by atoms with E-state index in [2.05, 4.69) is 62.8 Å². The van der Waals surface area contributed by atoms with E-state index in [9.17, 15) is 23.7 Å². The van der Waals surface area contributed by atoms with Crippen LogP contribution in [-0.4, -0.2) is 135 Å². The number of methoxy groups -OCH3 is 1. The van der Waals surface area contributed by atoms with Crippen LogP contribution in [0.1, 0.15) is 72.1 Å². The number of carbonyl (C=O) groups is 4. The van der Waals surface area contributed by atoms with Crippen LogP contribution in [0.2, 0.25) is 5.02 Å². The molecule has 1 spiro atoms. The number of piperidine rings is 4. The number of carbonyl (C=O) groups excluding carboxylic acids is 4. The molecule has 384 valence electrons. The molecule has 3 N–H and O–H groups in total. The predicted octanol–water partition coefficient (Wildman–Crippen LogP) is 7.22. The topological polar surface area (TPSA) is 213 Å². The first-order chi connectivity index (χ1) is 35.6. The first kappa shape index (κ1) is 49.3. The van der Waals surface area contributed by atoms with Crippen molar-refractivity contribution >= 4 is 93.2 Å². The summed E-state index contributed by atoms with van der Waals surface area (Å²) in [4.78, 5) is 78.1. The zero-order valence-corrected chi connectivity index (χ0v) is 43.6. The third kappa shape index (κ3) is 9.56. The standard InChI is InChI=1S/C53H59ClN13O6P/c1-63-30-33(27-58-63)36-25-41(60-52-57-28-38(54)48(62-52)59-40-9-8-39-46(56-18-17-55-39)47(40)74(3,4)72)44(73-2)26-43(36)65-20-12-32(13-21-65)29-64-22-15-53(16-23-64)14-5-19-66(31-53)34-6-7-35-37(24-34)51(71)67(50(35)70)42-10-11-45(68)61-49(42)69/h6-9,17-18,24-28,30,32,42H,5,10-16,19-23,29,31H2,1-4H3,(H,61,68,69)(H2,57,59,60,62). The average Bonchev–Trinajstić information content (AvgIpc) is 3.94.